The van der Waals surface area contributed by atoms with Gasteiger partial charge in [0, 0.05) is 12.5 Å². The Labute approximate surface area is 127 Å². The number of halogens is 4. The fourth-order valence-electron chi connectivity index (χ4n) is 3.12. The number of alkyl halides is 4. The fourth-order valence-corrected chi connectivity index (χ4v) is 3.32. The maximum atomic E-state index is 13.3. The summed E-state index contributed by atoms with van der Waals surface area (Å²) in [5.74, 6) is -0.419. The molecule has 1 aliphatic rings. The molecule has 120 valence electrons. The summed E-state index contributed by atoms with van der Waals surface area (Å²) in [5, 5.41) is 8.05. The van der Waals surface area contributed by atoms with Gasteiger partial charge in [-0.25, -0.2) is 0 Å². The van der Waals surface area contributed by atoms with E-state index in [2.05, 4.69) is 10.2 Å². The van der Waals surface area contributed by atoms with Crippen LogP contribution in [0.2, 0.25) is 0 Å². The topological polar surface area (TPSA) is 30.7 Å². The lowest BCUT2D eigenvalue weighted by molar-refractivity contribution is -0.188. The van der Waals surface area contributed by atoms with Crippen LogP contribution in [0.1, 0.15) is 57.1 Å². The molecule has 2 atom stereocenters. The van der Waals surface area contributed by atoms with Crippen LogP contribution in [0, 0.1) is 11.8 Å². The van der Waals surface area contributed by atoms with Crippen molar-refractivity contribution in [2.45, 2.75) is 64.0 Å². The van der Waals surface area contributed by atoms with E-state index in [1.165, 1.54) is 0 Å². The Morgan fingerprint density at radius 2 is 1.90 bits per heavy atom. The maximum absolute atomic E-state index is 13.3. The summed E-state index contributed by atoms with van der Waals surface area (Å²) in [7, 11) is 0. The zero-order chi connectivity index (χ0) is 15.6. The van der Waals surface area contributed by atoms with E-state index in [0.29, 0.717) is 37.0 Å². The molecule has 1 aromatic rings. The highest BCUT2D eigenvalue weighted by Gasteiger charge is 2.47. The van der Waals surface area contributed by atoms with Crippen molar-refractivity contribution in [3.63, 3.8) is 0 Å². The Morgan fingerprint density at radius 1 is 1.24 bits per heavy atom. The van der Waals surface area contributed by atoms with E-state index >= 15 is 0 Å². The van der Waals surface area contributed by atoms with Crippen molar-refractivity contribution in [3.05, 3.63) is 11.6 Å². The molecule has 0 spiro atoms. The first-order valence-electron chi connectivity index (χ1n) is 7.39. The molecule has 0 aliphatic heterocycles. The maximum Gasteiger partial charge on any atom is 0.392 e. The van der Waals surface area contributed by atoms with Crippen molar-refractivity contribution in [1.82, 2.24) is 14.8 Å². The molecule has 2 unspecified atom stereocenters. The van der Waals surface area contributed by atoms with Gasteiger partial charge in [-0.15, -0.1) is 21.8 Å². The number of hydrogen-bond acceptors (Lipinski definition) is 2. The molecule has 0 aromatic carbocycles. The van der Waals surface area contributed by atoms with Crippen LogP contribution in [-0.4, -0.2) is 20.9 Å². The van der Waals surface area contributed by atoms with E-state index in [1.807, 2.05) is 13.8 Å². The molecule has 1 saturated carbocycles. The lowest BCUT2D eigenvalue weighted by Gasteiger charge is -2.32. The average molecular weight is 324 g/mol. The Bertz CT molecular complexity index is 471. The molecule has 0 amide bonds. The molecule has 2 rings (SSSR count). The highest BCUT2D eigenvalue weighted by Crippen LogP contribution is 2.46. The van der Waals surface area contributed by atoms with Crippen LogP contribution in [0.15, 0.2) is 0 Å². The lowest BCUT2D eigenvalue weighted by Crippen LogP contribution is -2.33. The van der Waals surface area contributed by atoms with E-state index in [-0.39, 0.29) is 12.3 Å². The fraction of sp³-hybridized carbons (Fsp3) is 0.857. The lowest BCUT2D eigenvalue weighted by atomic mass is 9.78. The van der Waals surface area contributed by atoms with Crippen LogP contribution in [0.3, 0.4) is 0 Å². The largest absolute Gasteiger partial charge is 0.392 e. The third-order valence-electron chi connectivity index (χ3n) is 4.04. The average Bonchev–Trinajstić information content (AvgIpc) is 2.79. The second-order valence-electron chi connectivity index (χ2n) is 6.15. The molecule has 1 aromatic heterocycles. The first kappa shape index (κ1) is 16.6. The molecular formula is C14H21ClF3N3. The molecule has 1 aliphatic carbocycles. The van der Waals surface area contributed by atoms with Crippen molar-refractivity contribution in [1.29, 1.82) is 0 Å². The summed E-state index contributed by atoms with van der Waals surface area (Å²) in [6.45, 7) is 4.64. The van der Waals surface area contributed by atoms with Gasteiger partial charge in [-0.2, -0.15) is 13.2 Å². The summed E-state index contributed by atoms with van der Waals surface area (Å²) in [4.78, 5) is 0. The van der Waals surface area contributed by atoms with Crippen LogP contribution in [0.4, 0.5) is 13.2 Å². The Morgan fingerprint density at radius 3 is 2.48 bits per heavy atom. The predicted molar refractivity (Wildman–Crippen MR) is 75.2 cm³/mol. The normalized spacial score (nSPS) is 23.8. The van der Waals surface area contributed by atoms with Crippen LogP contribution in [-0.2, 0) is 12.4 Å². The molecule has 1 fully saturated rings. The highest BCUT2D eigenvalue weighted by molar-refractivity contribution is 6.16. The number of hydrogen-bond donors (Lipinski definition) is 0. The number of rotatable bonds is 4. The molecule has 0 bridgehead atoms. The molecule has 1 heterocycles. The van der Waals surface area contributed by atoms with E-state index in [9.17, 15) is 13.2 Å². The van der Waals surface area contributed by atoms with Gasteiger partial charge in [0.1, 0.15) is 11.6 Å². The zero-order valence-corrected chi connectivity index (χ0v) is 13.1. The van der Waals surface area contributed by atoms with Gasteiger partial charge < -0.3 is 4.57 Å². The van der Waals surface area contributed by atoms with Crippen LogP contribution in [0.5, 0.6) is 0 Å². The second kappa shape index (κ2) is 6.55. The minimum atomic E-state index is -4.18. The van der Waals surface area contributed by atoms with Crippen molar-refractivity contribution in [3.8, 4) is 0 Å². The monoisotopic (exact) mass is 323 g/mol. The molecular weight excluding hydrogens is 303 g/mol. The Balaban J connectivity index is 2.36. The molecule has 0 radical (unpaired) electrons. The first-order chi connectivity index (χ1) is 9.84. The van der Waals surface area contributed by atoms with Gasteiger partial charge in [0.25, 0.3) is 0 Å². The van der Waals surface area contributed by atoms with Crippen LogP contribution >= 0.6 is 11.6 Å². The van der Waals surface area contributed by atoms with Crippen LogP contribution < -0.4 is 0 Å². The van der Waals surface area contributed by atoms with Crippen molar-refractivity contribution >= 4 is 11.6 Å². The Hall–Kier alpha value is -0.780. The third kappa shape index (κ3) is 3.71. The van der Waals surface area contributed by atoms with Crippen LogP contribution in [0.25, 0.3) is 0 Å². The molecule has 7 heteroatoms. The molecule has 3 nitrogen and oxygen atoms in total. The number of nitrogens with zero attached hydrogens (tertiary/aromatic N) is 3. The Kier molecular flexibility index (Phi) is 5.17. The first-order valence-corrected chi connectivity index (χ1v) is 7.92. The van der Waals surface area contributed by atoms with Gasteiger partial charge in [-0.3, -0.25) is 0 Å². The highest BCUT2D eigenvalue weighted by atomic mass is 35.5. The van der Waals surface area contributed by atoms with E-state index in [4.69, 9.17) is 11.6 Å². The van der Waals surface area contributed by atoms with Gasteiger partial charge in [0.15, 0.2) is 0 Å². The SMILES string of the molecule is CC(C)Cn1c(CCl)nnc1C1CCCCC1C(F)(F)F. The molecule has 0 N–H and O–H groups in total. The third-order valence-corrected chi connectivity index (χ3v) is 4.28. The minimum absolute atomic E-state index is 0.170. The summed E-state index contributed by atoms with van der Waals surface area (Å²) < 4.78 is 41.6. The molecule has 21 heavy (non-hydrogen) atoms. The number of aromatic nitrogens is 3. The van der Waals surface area contributed by atoms with Gasteiger partial charge in [0.2, 0.25) is 0 Å². The van der Waals surface area contributed by atoms with Gasteiger partial charge >= 0.3 is 6.18 Å². The van der Waals surface area contributed by atoms with Crippen molar-refractivity contribution in [2.24, 2.45) is 11.8 Å². The quantitative estimate of drug-likeness (QED) is 0.763. The van der Waals surface area contributed by atoms with Gasteiger partial charge in [0.05, 0.1) is 11.8 Å². The van der Waals surface area contributed by atoms with E-state index in [1.54, 1.807) is 4.57 Å². The minimum Gasteiger partial charge on any atom is -0.313 e. The van der Waals surface area contributed by atoms with Crippen molar-refractivity contribution in [2.75, 3.05) is 0 Å². The van der Waals surface area contributed by atoms with Crippen molar-refractivity contribution < 1.29 is 13.2 Å². The standard InChI is InChI=1S/C14H21ClF3N3/c1-9(2)8-21-12(7-15)19-20-13(21)10-5-3-4-6-11(10)14(16,17)18/h9-11H,3-8H2,1-2H3. The van der Waals surface area contributed by atoms with Gasteiger partial charge in [-0.05, 0) is 18.8 Å². The smallest absolute Gasteiger partial charge is 0.313 e. The summed E-state index contributed by atoms with van der Waals surface area (Å²) >= 11 is 5.85. The summed E-state index contributed by atoms with van der Waals surface area (Å²) in [6.07, 6.45) is -2.05. The van der Waals surface area contributed by atoms with E-state index < -0.39 is 18.0 Å². The summed E-state index contributed by atoms with van der Waals surface area (Å²) in [6, 6.07) is 0. The molecule has 0 saturated heterocycles. The van der Waals surface area contributed by atoms with Gasteiger partial charge in [-0.1, -0.05) is 26.7 Å². The predicted octanol–water partition coefficient (Wildman–Crippen LogP) is 4.51. The second-order valence-corrected chi connectivity index (χ2v) is 6.42. The van der Waals surface area contributed by atoms with E-state index in [0.717, 1.165) is 6.42 Å². The summed E-state index contributed by atoms with van der Waals surface area (Å²) in [5.41, 5.74) is 0. The zero-order valence-electron chi connectivity index (χ0n) is 12.3.